The number of hydrogen-bond acceptors (Lipinski definition) is 4. The minimum atomic E-state index is -0.430. The Bertz CT molecular complexity index is 1040. The average Bonchev–Trinajstić information content (AvgIpc) is 2.70. The number of hydrogen-bond donors (Lipinski definition) is 3. The molecule has 3 aromatic rings. The fourth-order valence-corrected chi connectivity index (χ4v) is 2.74. The molecular weight excluding hydrogens is 374 g/mol. The van der Waals surface area contributed by atoms with Crippen molar-refractivity contribution in [2.24, 2.45) is 0 Å². The highest BCUT2D eigenvalue weighted by Gasteiger charge is 2.10. The fourth-order valence-electron chi connectivity index (χ4n) is 2.60. The van der Waals surface area contributed by atoms with E-state index in [1.807, 2.05) is 55.5 Å². The van der Waals surface area contributed by atoms with Gasteiger partial charge in [0.1, 0.15) is 5.75 Å². The van der Waals surface area contributed by atoms with E-state index in [1.54, 1.807) is 18.2 Å². The van der Waals surface area contributed by atoms with E-state index in [1.165, 1.54) is 0 Å². The minimum Gasteiger partial charge on any atom is -0.484 e. The van der Waals surface area contributed by atoms with Crippen LogP contribution in [0.2, 0.25) is 0 Å². The van der Waals surface area contributed by atoms with Gasteiger partial charge in [0, 0.05) is 5.56 Å². The molecule has 0 atom stereocenters. The zero-order chi connectivity index (χ0) is 19.9. The number of hydrazine groups is 1. The molecule has 28 heavy (non-hydrogen) atoms. The van der Waals surface area contributed by atoms with E-state index in [4.69, 9.17) is 17.0 Å². The molecule has 0 aliphatic carbocycles. The largest absolute Gasteiger partial charge is 0.484 e. The SMILES string of the molecule is Cc1ccccc1C(=O)NC(=S)NNC(=O)COc1ccc2ccccc2c1. The van der Waals surface area contributed by atoms with E-state index >= 15 is 0 Å². The normalized spacial score (nSPS) is 10.2. The average molecular weight is 393 g/mol. The van der Waals surface area contributed by atoms with Crippen molar-refractivity contribution in [3.63, 3.8) is 0 Å². The monoisotopic (exact) mass is 393 g/mol. The number of rotatable bonds is 4. The maximum Gasteiger partial charge on any atom is 0.276 e. The van der Waals surface area contributed by atoms with E-state index < -0.39 is 5.91 Å². The van der Waals surface area contributed by atoms with Gasteiger partial charge in [0.25, 0.3) is 11.8 Å². The maximum absolute atomic E-state index is 12.2. The van der Waals surface area contributed by atoms with Crippen LogP contribution in [0.3, 0.4) is 0 Å². The molecule has 0 saturated carbocycles. The number of benzene rings is 3. The lowest BCUT2D eigenvalue weighted by Gasteiger charge is -2.12. The standard InChI is InChI=1S/C21H19N3O3S/c1-14-6-2-5-9-18(14)20(26)22-21(28)24-23-19(25)13-27-17-11-10-15-7-3-4-8-16(15)12-17/h2-12H,13H2,1H3,(H,23,25)(H2,22,24,26,28). The molecule has 0 aliphatic heterocycles. The summed E-state index contributed by atoms with van der Waals surface area (Å²) in [6, 6.07) is 20.6. The van der Waals surface area contributed by atoms with Crippen LogP contribution >= 0.6 is 12.2 Å². The quantitative estimate of drug-likeness (QED) is 0.469. The molecule has 0 bridgehead atoms. The van der Waals surface area contributed by atoms with Crippen LogP contribution in [0.4, 0.5) is 0 Å². The Hall–Kier alpha value is -3.45. The van der Waals surface area contributed by atoms with Crippen LogP contribution in [-0.2, 0) is 4.79 Å². The predicted octanol–water partition coefficient (Wildman–Crippen LogP) is 2.86. The van der Waals surface area contributed by atoms with E-state index in [-0.39, 0.29) is 17.6 Å². The fraction of sp³-hybridized carbons (Fsp3) is 0.0952. The molecule has 0 heterocycles. The van der Waals surface area contributed by atoms with Crippen LogP contribution in [-0.4, -0.2) is 23.5 Å². The number of nitrogens with one attached hydrogen (secondary N) is 3. The number of thiocarbonyl (C=S) groups is 1. The van der Waals surface area contributed by atoms with Gasteiger partial charge in [-0.25, -0.2) is 0 Å². The Kier molecular flexibility index (Phi) is 6.18. The predicted molar refractivity (Wildman–Crippen MR) is 112 cm³/mol. The zero-order valence-electron chi connectivity index (χ0n) is 15.2. The summed E-state index contributed by atoms with van der Waals surface area (Å²) in [6.45, 7) is 1.64. The molecule has 7 heteroatoms. The van der Waals surface area contributed by atoms with Gasteiger partial charge in [-0.05, 0) is 53.7 Å². The third kappa shape index (κ3) is 5.05. The smallest absolute Gasteiger partial charge is 0.276 e. The number of carbonyl (C=O) groups is 2. The van der Waals surface area contributed by atoms with E-state index in [2.05, 4.69) is 16.2 Å². The van der Waals surface area contributed by atoms with E-state index in [0.717, 1.165) is 16.3 Å². The van der Waals surface area contributed by atoms with Crippen LogP contribution < -0.4 is 20.9 Å². The van der Waals surface area contributed by atoms with Gasteiger partial charge >= 0.3 is 0 Å². The minimum absolute atomic E-state index is 0.00712. The van der Waals surface area contributed by atoms with Crippen molar-refractivity contribution in [3.8, 4) is 5.75 Å². The van der Waals surface area contributed by atoms with Crippen molar-refractivity contribution in [2.75, 3.05) is 6.61 Å². The second kappa shape index (κ2) is 8.96. The van der Waals surface area contributed by atoms with Gasteiger partial charge in [-0.1, -0.05) is 48.5 Å². The summed E-state index contributed by atoms with van der Waals surface area (Å²) in [5.41, 5.74) is 6.22. The molecule has 3 aromatic carbocycles. The molecule has 0 radical (unpaired) electrons. The van der Waals surface area contributed by atoms with Gasteiger partial charge in [0.2, 0.25) is 0 Å². The van der Waals surface area contributed by atoms with Crippen molar-refractivity contribution >= 4 is 39.9 Å². The summed E-state index contributed by atoms with van der Waals surface area (Å²) >= 11 is 5.02. The van der Waals surface area contributed by atoms with Gasteiger partial charge in [-0.2, -0.15) is 0 Å². The van der Waals surface area contributed by atoms with E-state index in [0.29, 0.717) is 11.3 Å². The highest BCUT2D eigenvalue weighted by Crippen LogP contribution is 2.20. The molecule has 0 aromatic heterocycles. The lowest BCUT2D eigenvalue weighted by atomic mass is 10.1. The van der Waals surface area contributed by atoms with Crippen LogP contribution in [0.5, 0.6) is 5.75 Å². The summed E-state index contributed by atoms with van der Waals surface area (Å²) in [6.07, 6.45) is 0. The number of amides is 2. The highest BCUT2D eigenvalue weighted by atomic mass is 32.1. The third-order valence-corrected chi connectivity index (χ3v) is 4.23. The van der Waals surface area contributed by atoms with Crippen LogP contribution in [0, 0.1) is 6.92 Å². The van der Waals surface area contributed by atoms with Crippen molar-refractivity contribution < 1.29 is 14.3 Å². The molecule has 0 unspecified atom stereocenters. The lowest BCUT2D eigenvalue weighted by Crippen LogP contribution is -2.49. The zero-order valence-corrected chi connectivity index (χ0v) is 16.0. The molecule has 0 saturated heterocycles. The Labute approximate surface area is 167 Å². The first kappa shape index (κ1) is 19.3. The van der Waals surface area contributed by atoms with Crippen LogP contribution in [0.1, 0.15) is 15.9 Å². The summed E-state index contributed by atoms with van der Waals surface area (Å²) in [4.78, 5) is 24.1. The lowest BCUT2D eigenvalue weighted by molar-refractivity contribution is -0.123. The number of fused-ring (bicyclic) bond motifs is 1. The summed E-state index contributed by atoms with van der Waals surface area (Å²) in [7, 11) is 0. The summed E-state index contributed by atoms with van der Waals surface area (Å²) < 4.78 is 5.49. The van der Waals surface area contributed by atoms with Gasteiger partial charge in [0.05, 0.1) is 0 Å². The first-order valence-electron chi connectivity index (χ1n) is 8.60. The van der Waals surface area contributed by atoms with Crippen molar-refractivity contribution in [3.05, 3.63) is 77.9 Å². The van der Waals surface area contributed by atoms with Crippen molar-refractivity contribution in [1.29, 1.82) is 0 Å². The summed E-state index contributed by atoms with van der Waals surface area (Å²) in [5.74, 6) is -0.192. The maximum atomic E-state index is 12.2. The van der Waals surface area contributed by atoms with Crippen LogP contribution in [0.25, 0.3) is 10.8 Å². The molecule has 142 valence electrons. The Morgan fingerprint density at radius 3 is 2.43 bits per heavy atom. The molecule has 0 aliphatic rings. The van der Waals surface area contributed by atoms with Gasteiger partial charge in [0.15, 0.2) is 11.7 Å². The molecule has 0 spiro atoms. The van der Waals surface area contributed by atoms with Gasteiger partial charge in [-0.15, -0.1) is 0 Å². The summed E-state index contributed by atoms with van der Waals surface area (Å²) in [5, 5.41) is 4.62. The highest BCUT2D eigenvalue weighted by molar-refractivity contribution is 7.80. The van der Waals surface area contributed by atoms with E-state index in [9.17, 15) is 9.59 Å². The van der Waals surface area contributed by atoms with Crippen molar-refractivity contribution in [2.45, 2.75) is 6.92 Å². The third-order valence-electron chi connectivity index (χ3n) is 4.02. The number of carbonyl (C=O) groups excluding carboxylic acids is 2. The molecule has 2 amide bonds. The van der Waals surface area contributed by atoms with Crippen LogP contribution in [0.15, 0.2) is 66.7 Å². The molecule has 0 fully saturated rings. The second-order valence-electron chi connectivity index (χ2n) is 6.07. The Morgan fingerprint density at radius 2 is 1.64 bits per heavy atom. The molecular formula is C21H19N3O3S. The molecule has 3 N–H and O–H groups in total. The number of ether oxygens (including phenoxy) is 1. The van der Waals surface area contributed by atoms with Gasteiger partial charge in [-0.3, -0.25) is 25.8 Å². The first-order chi connectivity index (χ1) is 13.5. The van der Waals surface area contributed by atoms with Crippen molar-refractivity contribution in [1.82, 2.24) is 16.2 Å². The Balaban J connectivity index is 1.45. The van der Waals surface area contributed by atoms with Gasteiger partial charge < -0.3 is 4.74 Å². The number of aryl methyl sites for hydroxylation is 1. The topological polar surface area (TPSA) is 79.5 Å². The molecule has 3 rings (SSSR count). The Morgan fingerprint density at radius 1 is 0.929 bits per heavy atom. The first-order valence-corrected chi connectivity index (χ1v) is 9.01. The second-order valence-corrected chi connectivity index (χ2v) is 6.48. The molecule has 6 nitrogen and oxygen atoms in total.